The lowest BCUT2D eigenvalue weighted by Gasteiger charge is -2.15. The summed E-state index contributed by atoms with van der Waals surface area (Å²) in [5.74, 6) is 0.122. The number of benzene rings is 1. The van der Waals surface area contributed by atoms with E-state index < -0.39 is 11.0 Å². The van der Waals surface area contributed by atoms with Crippen molar-refractivity contribution in [2.24, 2.45) is 0 Å². The predicted molar refractivity (Wildman–Crippen MR) is 90.6 cm³/mol. The van der Waals surface area contributed by atoms with E-state index in [1.54, 1.807) is 25.3 Å². The van der Waals surface area contributed by atoms with Gasteiger partial charge >= 0.3 is 0 Å². The normalized spacial score (nSPS) is 11.5. The number of pyridine rings is 1. The van der Waals surface area contributed by atoms with Crippen LogP contribution in [0.4, 0.5) is 17.1 Å². The Morgan fingerprint density at radius 2 is 2.12 bits per heavy atom. The van der Waals surface area contributed by atoms with E-state index in [1.165, 1.54) is 25.3 Å². The minimum atomic E-state index is -0.577. The second kappa shape index (κ2) is 7.60. The highest BCUT2D eigenvalue weighted by Crippen LogP contribution is 2.26. The molecule has 1 amide bonds. The topological polar surface area (TPSA) is 106 Å². The number of carbonyl (C=O) groups is 1. The molecule has 0 aliphatic carbocycles. The summed E-state index contributed by atoms with van der Waals surface area (Å²) < 4.78 is 4.96. The van der Waals surface area contributed by atoms with E-state index in [0.717, 1.165) is 0 Å². The Bertz CT molecular complexity index is 752. The van der Waals surface area contributed by atoms with Gasteiger partial charge < -0.3 is 15.4 Å². The third kappa shape index (κ3) is 4.32. The molecule has 0 fully saturated rings. The van der Waals surface area contributed by atoms with E-state index in [4.69, 9.17) is 16.3 Å². The van der Waals surface area contributed by atoms with Crippen LogP contribution >= 0.6 is 11.6 Å². The number of anilines is 2. The highest BCUT2D eigenvalue weighted by atomic mass is 35.5. The van der Waals surface area contributed by atoms with Crippen LogP contribution in [0.1, 0.15) is 6.92 Å². The molecule has 0 bridgehead atoms. The molecule has 0 radical (unpaired) electrons. The quantitative estimate of drug-likeness (QED) is 0.612. The molecule has 0 saturated heterocycles. The van der Waals surface area contributed by atoms with Gasteiger partial charge in [0.2, 0.25) is 11.8 Å². The molecule has 1 aromatic heterocycles. The maximum atomic E-state index is 12.2. The van der Waals surface area contributed by atoms with Crippen LogP contribution in [0.5, 0.6) is 5.88 Å². The Balaban J connectivity index is 2.01. The molecule has 9 heteroatoms. The van der Waals surface area contributed by atoms with Crippen LogP contribution in [-0.2, 0) is 4.79 Å². The van der Waals surface area contributed by atoms with E-state index >= 15 is 0 Å². The van der Waals surface area contributed by atoms with Crippen molar-refractivity contribution in [3.8, 4) is 5.88 Å². The first-order valence-electron chi connectivity index (χ1n) is 6.92. The Morgan fingerprint density at radius 1 is 1.38 bits per heavy atom. The number of nitro groups is 1. The summed E-state index contributed by atoms with van der Waals surface area (Å²) in [4.78, 5) is 26.4. The SMILES string of the molecule is COc1ccc(NC(C)C(=O)Nc2ccc([N+](=O)[O-])cc2Cl)cn1. The number of halogens is 1. The lowest BCUT2D eigenvalue weighted by molar-refractivity contribution is -0.384. The molecule has 2 N–H and O–H groups in total. The molecule has 8 nitrogen and oxygen atoms in total. The lowest BCUT2D eigenvalue weighted by atomic mass is 10.2. The molecule has 0 saturated carbocycles. The van der Waals surface area contributed by atoms with Crippen molar-refractivity contribution in [2.75, 3.05) is 17.7 Å². The zero-order valence-electron chi connectivity index (χ0n) is 12.9. The monoisotopic (exact) mass is 350 g/mol. The minimum Gasteiger partial charge on any atom is -0.481 e. The number of hydrogen-bond acceptors (Lipinski definition) is 6. The van der Waals surface area contributed by atoms with Crippen molar-refractivity contribution in [1.29, 1.82) is 0 Å². The summed E-state index contributed by atoms with van der Waals surface area (Å²) in [6, 6.07) is 6.66. The zero-order valence-corrected chi connectivity index (χ0v) is 13.7. The fourth-order valence-corrected chi connectivity index (χ4v) is 2.08. The van der Waals surface area contributed by atoms with Crippen LogP contribution in [0.2, 0.25) is 5.02 Å². The number of amides is 1. The molecular formula is C15H15ClN4O4. The van der Waals surface area contributed by atoms with E-state index in [1.807, 2.05) is 0 Å². The first kappa shape index (κ1) is 17.5. The van der Waals surface area contributed by atoms with Gasteiger partial charge in [-0.15, -0.1) is 0 Å². The number of nitrogens with one attached hydrogen (secondary N) is 2. The third-order valence-electron chi connectivity index (χ3n) is 3.14. The van der Waals surface area contributed by atoms with Gasteiger partial charge in [-0.2, -0.15) is 0 Å². The van der Waals surface area contributed by atoms with Crippen LogP contribution in [-0.4, -0.2) is 29.0 Å². The summed E-state index contributed by atoms with van der Waals surface area (Å²) in [6.45, 7) is 1.67. The zero-order chi connectivity index (χ0) is 17.7. The predicted octanol–water partition coefficient (Wildman–Crippen LogP) is 3.09. The van der Waals surface area contributed by atoms with Gasteiger partial charge in [0.05, 0.1) is 34.6 Å². The highest BCUT2D eigenvalue weighted by Gasteiger charge is 2.16. The summed E-state index contributed by atoms with van der Waals surface area (Å²) in [5, 5.41) is 16.4. The van der Waals surface area contributed by atoms with Crippen LogP contribution in [0.15, 0.2) is 36.5 Å². The maximum absolute atomic E-state index is 12.2. The van der Waals surface area contributed by atoms with Gasteiger partial charge in [-0.05, 0) is 19.1 Å². The number of non-ortho nitro benzene ring substituents is 1. The van der Waals surface area contributed by atoms with Crippen LogP contribution in [0.3, 0.4) is 0 Å². The van der Waals surface area contributed by atoms with Crippen LogP contribution < -0.4 is 15.4 Å². The molecule has 1 aromatic carbocycles. The van der Waals surface area contributed by atoms with E-state index in [-0.39, 0.29) is 16.6 Å². The molecule has 1 atom stereocenters. The van der Waals surface area contributed by atoms with E-state index in [2.05, 4.69) is 15.6 Å². The third-order valence-corrected chi connectivity index (χ3v) is 3.46. The Kier molecular flexibility index (Phi) is 5.54. The second-order valence-electron chi connectivity index (χ2n) is 4.87. The number of rotatable bonds is 6. The van der Waals surface area contributed by atoms with Crippen molar-refractivity contribution >= 4 is 34.6 Å². The van der Waals surface area contributed by atoms with Crippen molar-refractivity contribution in [3.63, 3.8) is 0 Å². The van der Waals surface area contributed by atoms with E-state index in [0.29, 0.717) is 17.3 Å². The average molecular weight is 351 g/mol. The molecule has 1 unspecified atom stereocenters. The molecule has 126 valence electrons. The number of nitrogens with zero attached hydrogens (tertiary/aromatic N) is 2. The lowest BCUT2D eigenvalue weighted by Crippen LogP contribution is -2.32. The Labute approximate surface area is 142 Å². The summed E-state index contributed by atoms with van der Waals surface area (Å²) in [5.41, 5.74) is 0.801. The first-order valence-corrected chi connectivity index (χ1v) is 7.30. The van der Waals surface area contributed by atoms with Gasteiger partial charge in [-0.1, -0.05) is 11.6 Å². The van der Waals surface area contributed by atoms with Gasteiger partial charge in [0, 0.05) is 18.2 Å². The highest BCUT2D eigenvalue weighted by molar-refractivity contribution is 6.34. The summed E-state index contributed by atoms with van der Waals surface area (Å²) in [7, 11) is 1.51. The van der Waals surface area contributed by atoms with E-state index in [9.17, 15) is 14.9 Å². The Hall–Kier alpha value is -2.87. The summed E-state index contributed by atoms with van der Waals surface area (Å²) >= 11 is 5.95. The van der Waals surface area contributed by atoms with Gasteiger partial charge in [-0.25, -0.2) is 4.98 Å². The largest absolute Gasteiger partial charge is 0.481 e. The molecule has 2 rings (SSSR count). The fraction of sp³-hybridized carbons (Fsp3) is 0.200. The second-order valence-corrected chi connectivity index (χ2v) is 5.27. The van der Waals surface area contributed by atoms with Crippen molar-refractivity contribution in [3.05, 3.63) is 51.7 Å². The van der Waals surface area contributed by atoms with Gasteiger partial charge in [0.1, 0.15) is 6.04 Å². The molecule has 0 aliphatic rings. The fourth-order valence-electron chi connectivity index (χ4n) is 1.86. The molecule has 24 heavy (non-hydrogen) atoms. The van der Waals surface area contributed by atoms with Crippen LogP contribution in [0.25, 0.3) is 0 Å². The molecule has 0 spiro atoms. The molecule has 0 aliphatic heterocycles. The van der Waals surface area contributed by atoms with Crippen LogP contribution in [0, 0.1) is 10.1 Å². The number of hydrogen-bond donors (Lipinski definition) is 2. The number of methoxy groups -OCH3 is 1. The molecule has 1 heterocycles. The van der Waals surface area contributed by atoms with Crippen molar-refractivity contribution < 1.29 is 14.5 Å². The standard InChI is InChI=1S/C15H15ClN4O4/c1-9(18-10-3-6-14(24-2)17-8-10)15(21)19-13-5-4-11(20(22)23)7-12(13)16/h3-9,18H,1-2H3,(H,19,21). The van der Waals surface area contributed by atoms with Crippen molar-refractivity contribution in [1.82, 2.24) is 4.98 Å². The Morgan fingerprint density at radius 3 is 2.67 bits per heavy atom. The smallest absolute Gasteiger partial charge is 0.271 e. The van der Waals surface area contributed by atoms with Gasteiger partial charge in [0.15, 0.2) is 0 Å². The van der Waals surface area contributed by atoms with Crippen molar-refractivity contribution in [2.45, 2.75) is 13.0 Å². The number of aromatic nitrogens is 1. The number of carbonyl (C=O) groups excluding carboxylic acids is 1. The van der Waals surface area contributed by atoms with Gasteiger partial charge in [-0.3, -0.25) is 14.9 Å². The average Bonchev–Trinajstić information content (AvgIpc) is 2.57. The number of ether oxygens (including phenoxy) is 1. The van der Waals surface area contributed by atoms with Gasteiger partial charge in [0.25, 0.3) is 5.69 Å². The minimum absolute atomic E-state index is 0.0934. The first-order chi connectivity index (χ1) is 11.4. The summed E-state index contributed by atoms with van der Waals surface area (Å²) in [6.07, 6.45) is 1.54. The maximum Gasteiger partial charge on any atom is 0.271 e. The number of nitro benzene ring substituents is 1. The molecular weight excluding hydrogens is 336 g/mol. The molecule has 2 aromatic rings.